The molecule has 0 spiro atoms. The van der Waals surface area contributed by atoms with Crippen LogP contribution in [0.1, 0.15) is 29.9 Å². The number of fused-ring (bicyclic) bond motifs is 1. The van der Waals surface area contributed by atoms with Crippen molar-refractivity contribution >= 4 is 34.3 Å². The molecule has 2 N–H and O–H groups in total. The lowest BCUT2D eigenvalue weighted by atomic mass is 10.1. The van der Waals surface area contributed by atoms with Crippen LogP contribution in [0.3, 0.4) is 0 Å². The van der Waals surface area contributed by atoms with Crippen LogP contribution in [-0.4, -0.2) is 43.9 Å². The Morgan fingerprint density at radius 3 is 2.73 bits per heavy atom. The molecule has 3 aromatic heterocycles. The monoisotopic (exact) mass is 442 g/mol. The van der Waals surface area contributed by atoms with Gasteiger partial charge in [0.05, 0.1) is 29.1 Å². The normalized spacial score (nSPS) is 13.2. The molecule has 0 aliphatic heterocycles. The lowest BCUT2D eigenvalue weighted by molar-refractivity contribution is 0.256. The highest BCUT2D eigenvalue weighted by molar-refractivity contribution is 6.07. The molecule has 0 unspecified atom stereocenters. The van der Waals surface area contributed by atoms with Gasteiger partial charge in [0.1, 0.15) is 18.0 Å². The van der Waals surface area contributed by atoms with E-state index in [9.17, 15) is 4.79 Å². The Labute approximate surface area is 191 Å². The van der Waals surface area contributed by atoms with Crippen LogP contribution in [0.15, 0.2) is 48.8 Å². The largest absolute Gasteiger partial charge is 0.373 e. The van der Waals surface area contributed by atoms with Crippen molar-refractivity contribution in [1.82, 2.24) is 24.7 Å². The molecule has 1 aliphatic rings. The van der Waals surface area contributed by atoms with Gasteiger partial charge in [-0.3, -0.25) is 14.6 Å². The maximum absolute atomic E-state index is 13.4. The van der Waals surface area contributed by atoms with Gasteiger partial charge in [-0.2, -0.15) is 5.10 Å². The number of nitrogens with zero attached hydrogens (tertiary/aromatic N) is 6. The zero-order valence-electron chi connectivity index (χ0n) is 18.9. The number of aromatic nitrogens is 5. The first-order valence-corrected chi connectivity index (χ1v) is 11.0. The standard InChI is InChI=1S/C24H26N8O/c1-15-6-4-7-17(28-15)13-31-20-9-5-8-19(23(20)16(2)30-31)29-24(33)32(18-10-11-18)22-12-21(25-3)26-14-27-22/h4-9,12,14,18H,10-11,13H2,1-3H3,(H,29,33)(H,25,26,27). The molecule has 9 nitrogen and oxygen atoms in total. The van der Waals surface area contributed by atoms with Gasteiger partial charge in [-0.1, -0.05) is 12.1 Å². The molecule has 0 radical (unpaired) electrons. The van der Waals surface area contributed by atoms with Crippen LogP contribution in [0.4, 0.5) is 22.1 Å². The van der Waals surface area contributed by atoms with Crippen LogP contribution in [0.25, 0.3) is 10.9 Å². The quantitative estimate of drug-likeness (QED) is 0.466. The van der Waals surface area contributed by atoms with Gasteiger partial charge < -0.3 is 10.6 Å². The first kappa shape index (κ1) is 20.9. The molecule has 1 aromatic carbocycles. The molecule has 33 heavy (non-hydrogen) atoms. The van der Waals surface area contributed by atoms with Crippen molar-refractivity contribution in [3.63, 3.8) is 0 Å². The van der Waals surface area contributed by atoms with Crippen molar-refractivity contribution in [2.45, 2.75) is 39.3 Å². The average molecular weight is 443 g/mol. The van der Waals surface area contributed by atoms with Crippen LogP contribution >= 0.6 is 0 Å². The van der Waals surface area contributed by atoms with E-state index >= 15 is 0 Å². The van der Waals surface area contributed by atoms with Crippen molar-refractivity contribution in [3.8, 4) is 0 Å². The highest BCUT2D eigenvalue weighted by Gasteiger charge is 2.35. The first-order chi connectivity index (χ1) is 16.0. The zero-order chi connectivity index (χ0) is 22.9. The molecule has 5 rings (SSSR count). The summed E-state index contributed by atoms with van der Waals surface area (Å²) in [5.74, 6) is 1.25. The van der Waals surface area contributed by atoms with Crippen molar-refractivity contribution in [3.05, 3.63) is 65.9 Å². The maximum atomic E-state index is 13.4. The molecule has 1 aliphatic carbocycles. The summed E-state index contributed by atoms with van der Waals surface area (Å²) in [5, 5.41) is 11.8. The highest BCUT2D eigenvalue weighted by atomic mass is 16.2. The Morgan fingerprint density at radius 2 is 1.97 bits per heavy atom. The number of hydrogen-bond acceptors (Lipinski definition) is 6. The van der Waals surface area contributed by atoms with Crippen LogP contribution in [0.5, 0.6) is 0 Å². The number of hydrogen-bond donors (Lipinski definition) is 2. The molecule has 1 fully saturated rings. The number of urea groups is 1. The van der Waals surface area contributed by atoms with Gasteiger partial charge in [0.2, 0.25) is 0 Å². The molecule has 9 heteroatoms. The highest BCUT2D eigenvalue weighted by Crippen LogP contribution is 2.33. The number of carbonyl (C=O) groups is 1. The Kier molecular flexibility index (Phi) is 5.37. The fraction of sp³-hybridized carbons (Fsp3) is 0.292. The van der Waals surface area contributed by atoms with Crippen LogP contribution < -0.4 is 15.5 Å². The van der Waals surface area contributed by atoms with Crippen LogP contribution in [0, 0.1) is 13.8 Å². The molecule has 3 heterocycles. The van der Waals surface area contributed by atoms with E-state index in [2.05, 4.69) is 25.6 Å². The van der Waals surface area contributed by atoms with E-state index in [-0.39, 0.29) is 12.1 Å². The summed E-state index contributed by atoms with van der Waals surface area (Å²) in [4.78, 5) is 28.2. The zero-order valence-corrected chi connectivity index (χ0v) is 18.9. The average Bonchev–Trinajstić information content (AvgIpc) is 3.58. The van der Waals surface area contributed by atoms with Crippen LogP contribution in [-0.2, 0) is 6.54 Å². The molecule has 0 atom stereocenters. The molecule has 168 valence electrons. The molecule has 1 saturated carbocycles. The Balaban J connectivity index is 1.46. The second kappa shape index (κ2) is 8.50. The second-order valence-corrected chi connectivity index (χ2v) is 8.26. The summed E-state index contributed by atoms with van der Waals surface area (Å²) in [7, 11) is 1.79. The third kappa shape index (κ3) is 4.21. The maximum Gasteiger partial charge on any atom is 0.327 e. The third-order valence-electron chi connectivity index (χ3n) is 5.74. The lowest BCUT2D eigenvalue weighted by Crippen LogP contribution is -2.37. The predicted octanol–water partition coefficient (Wildman–Crippen LogP) is 4.13. The molecule has 4 aromatic rings. The SMILES string of the molecule is CNc1cc(N(C(=O)Nc2cccc3c2c(C)nn3Cc2cccc(C)n2)C2CC2)ncn1. The van der Waals surface area contributed by atoms with Crippen molar-refractivity contribution in [1.29, 1.82) is 0 Å². The fourth-order valence-corrected chi connectivity index (χ4v) is 4.07. The lowest BCUT2D eigenvalue weighted by Gasteiger charge is -2.22. The molecular weight excluding hydrogens is 416 g/mol. The van der Waals surface area contributed by atoms with Gasteiger partial charge in [-0.25, -0.2) is 14.8 Å². The summed E-state index contributed by atoms with van der Waals surface area (Å²) in [6, 6.07) is 13.6. The van der Waals surface area contributed by atoms with E-state index in [1.807, 2.05) is 54.9 Å². The minimum absolute atomic E-state index is 0.139. The summed E-state index contributed by atoms with van der Waals surface area (Å²) < 4.78 is 1.93. The number of nitrogens with one attached hydrogen (secondary N) is 2. The first-order valence-electron chi connectivity index (χ1n) is 11.0. The van der Waals surface area contributed by atoms with Gasteiger partial charge >= 0.3 is 6.03 Å². The van der Waals surface area contributed by atoms with Gasteiger partial charge in [0.15, 0.2) is 0 Å². The second-order valence-electron chi connectivity index (χ2n) is 8.26. The van der Waals surface area contributed by atoms with Crippen molar-refractivity contribution in [2.24, 2.45) is 0 Å². The number of pyridine rings is 1. The number of amides is 2. The molecule has 2 amide bonds. The Hall–Kier alpha value is -4.01. The smallest absolute Gasteiger partial charge is 0.327 e. The van der Waals surface area contributed by atoms with Gasteiger partial charge in [0.25, 0.3) is 0 Å². The number of benzene rings is 1. The van der Waals surface area contributed by atoms with E-state index in [4.69, 9.17) is 5.10 Å². The Morgan fingerprint density at radius 1 is 1.15 bits per heavy atom. The van der Waals surface area contributed by atoms with Crippen LogP contribution in [0.2, 0.25) is 0 Å². The summed E-state index contributed by atoms with van der Waals surface area (Å²) in [5.41, 5.74) is 4.45. The van der Waals surface area contributed by atoms with Crippen molar-refractivity contribution < 1.29 is 4.79 Å². The minimum atomic E-state index is -0.210. The van der Waals surface area contributed by atoms with Gasteiger partial charge in [-0.05, 0) is 51.0 Å². The van der Waals surface area contributed by atoms with Gasteiger partial charge in [0, 0.05) is 30.2 Å². The Bertz CT molecular complexity index is 1330. The number of anilines is 3. The van der Waals surface area contributed by atoms with E-state index in [0.29, 0.717) is 18.2 Å². The van der Waals surface area contributed by atoms with E-state index in [1.54, 1.807) is 18.0 Å². The van der Waals surface area contributed by atoms with Crippen molar-refractivity contribution in [2.75, 3.05) is 22.6 Å². The minimum Gasteiger partial charge on any atom is -0.373 e. The number of rotatable bonds is 6. The molecular formula is C24H26N8O. The topological polar surface area (TPSA) is 101 Å². The van der Waals surface area contributed by atoms with E-state index in [1.165, 1.54) is 6.33 Å². The summed E-state index contributed by atoms with van der Waals surface area (Å²) in [6.45, 7) is 4.50. The number of carbonyl (C=O) groups excluding carboxylic acids is 1. The molecule has 0 bridgehead atoms. The van der Waals surface area contributed by atoms with E-state index in [0.717, 1.165) is 46.5 Å². The number of aryl methyl sites for hydroxylation is 2. The molecule has 0 saturated heterocycles. The van der Waals surface area contributed by atoms with E-state index < -0.39 is 0 Å². The fourth-order valence-electron chi connectivity index (χ4n) is 4.07. The summed E-state index contributed by atoms with van der Waals surface area (Å²) >= 11 is 0. The predicted molar refractivity (Wildman–Crippen MR) is 129 cm³/mol. The third-order valence-corrected chi connectivity index (χ3v) is 5.74. The summed E-state index contributed by atoms with van der Waals surface area (Å²) in [6.07, 6.45) is 3.38. The van der Waals surface area contributed by atoms with Gasteiger partial charge in [-0.15, -0.1) is 0 Å².